The molecule has 0 heterocycles. The summed E-state index contributed by atoms with van der Waals surface area (Å²) in [6.45, 7) is 0. The fraction of sp³-hybridized carbons (Fsp3) is 0.833. The third-order valence-corrected chi connectivity index (χ3v) is 15.5. The molecule has 0 aliphatic carbocycles. The molecular formula is C6Br13. The van der Waals surface area contributed by atoms with Crippen molar-refractivity contribution in [3.8, 4) is 0 Å². The molecule has 1 radical (unpaired) electrons. The minimum atomic E-state index is -0.781. The van der Waals surface area contributed by atoms with Crippen LogP contribution in [-0.4, -0.2) is 12.9 Å². The molecule has 13 heteroatoms. The molecule has 19 heavy (non-hydrogen) atoms. The van der Waals surface area contributed by atoms with Crippen LogP contribution in [0.2, 0.25) is 0 Å². The second-order valence-corrected chi connectivity index (χ2v) is 30.2. The summed E-state index contributed by atoms with van der Waals surface area (Å²) in [6.07, 6.45) is 0. The van der Waals surface area contributed by atoms with E-state index < -0.39 is 12.9 Å². The lowest BCUT2D eigenvalue weighted by molar-refractivity contribution is 0.764. The van der Waals surface area contributed by atoms with E-state index in [4.69, 9.17) is 0 Å². The van der Waals surface area contributed by atoms with E-state index in [2.05, 4.69) is 207 Å². The van der Waals surface area contributed by atoms with Crippen LogP contribution in [0.3, 0.4) is 0 Å². The van der Waals surface area contributed by atoms with E-state index in [9.17, 15) is 0 Å². The molecule has 0 saturated heterocycles. The summed E-state index contributed by atoms with van der Waals surface area (Å²) in [7, 11) is 0. The second kappa shape index (κ2) is 8.50. The minimum Gasteiger partial charge on any atom is -0.0692 e. The zero-order chi connectivity index (χ0) is 16.1. The number of hydrogen-bond donors (Lipinski definition) is 0. The molecule has 115 valence electrons. The van der Waals surface area contributed by atoms with Crippen LogP contribution in [0.5, 0.6) is 0 Å². The van der Waals surface area contributed by atoms with Crippen molar-refractivity contribution in [3.63, 3.8) is 0 Å². The predicted octanol–water partition coefficient (Wildman–Crippen LogP) is 10.0. The van der Waals surface area contributed by atoms with Crippen molar-refractivity contribution in [3.05, 3.63) is 5.92 Å². The van der Waals surface area contributed by atoms with Gasteiger partial charge in [-0.2, -0.15) is 0 Å². The molecule has 0 aromatic heterocycles. The van der Waals surface area contributed by atoms with E-state index in [0.29, 0.717) is 0 Å². The van der Waals surface area contributed by atoms with Gasteiger partial charge >= 0.3 is 0 Å². The predicted molar refractivity (Wildman–Crippen MR) is 133 cm³/mol. The van der Waals surface area contributed by atoms with Crippen molar-refractivity contribution in [1.29, 1.82) is 0 Å². The maximum Gasteiger partial charge on any atom is 0.162 e. The molecule has 0 rings (SSSR count). The average Bonchev–Trinajstić information content (AvgIpc) is 1.92. The summed E-state index contributed by atoms with van der Waals surface area (Å²) < 4.78 is -3.58. The zero-order valence-corrected chi connectivity index (χ0v) is 28.5. The Labute approximate surface area is 221 Å². The van der Waals surface area contributed by atoms with E-state index in [-0.39, 0.29) is 0 Å². The van der Waals surface area contributed by atoms with Crippen LogP contribution < -0.4 is 0 Å². The third kappa shape index (κ3) is 6.72. The Balaban J connectivity index is 5.97. The highest BCUT2D eigenvalue weighted by Crippen LogP contribution is 2.72. The lowest BCUT2D eigenvalue weighted by Crippen LogP contribution is -2.54. The van der Waals surface area contributed by atoms with Gasteiger partial charge in [0.05, 0.1) is 5.92 Å². The normalized spacial score (nSPS) is 16.1. The van der Waals surface area contributed by atoms with Gasteiger partial charge in [-0.05, 0) is 0 Å². The van der Waals surface area contributed by atoms with E-state index in [1.807, 2.05) is 0 Å². The molecule has 0 saturated carbocycles. The summed E-state index contributed by atoms with van der Waals surface area (Å²) in [5, 5.41) is 0. The molecule has 0 aromatic rings. The number of alkyl halides is 13. The largest absolute Gasteiger partial charge is 0.162 e. The van der Waals surface area contributed by atoms with Crippen LogP contribution in [0.25, 0.3) is 0 Å². The number of rotatable bonds is 2. The fourth-order valence-corrected chi connectivity index (χ4v) is 14.7. The van der Waals surface area contributed by atoms with Crippen LogP contribution in [0.4, 0.5) is 0 Å². The van der Waals surface area contributed by atoms with Crippen molar-refractivity contribution >= 4 is 207 Å². The summed E-state index contributed by atoms with van der Waals surface area (Å²) in [4.78, 5) is 0. The first-order chi connectivity index (χ1) is 7.87. The Bertz CT molecular complexity index is 299. The summed E-state index contributed by atoms with van der Waals surface area (Å²) in [5.41, 5.74) is 0. The Morgan fingerprint density at radius 1 is 0.474 bits per heavy atom. The highest BCUT2D eigenvalue weighted by atomic mass is 80.0. The Hall–Kier alpha value is 6.24. The van der Waals surface area contributed by atoms with Crippen LogP contribution in [-0.2, 0) is 0 Å². The van der Waals surface area contributed by atoms with Crippen molar-refractivity contribution in [1.82, 2.24) is 0 Å². The monoisotopic (exact) mass is 1100 g/mol. The van der Waals surface area contributed by atoms with Crippen LogP contribution >= 0.6 is 207 Å². The van der Waals surface area contributed by atoms with Crippen molar-refractivity contribution in [2.75, 3.05) is 0 Å². The molecule has 0 fully saturated rings. The Morgan fingerprint density at radius 3 is 0.895 bits per heavy atom. The van der Waals surface area contributed by atoms with Gasteiger partial charge in [-0.3, -0.25) is 0 Å². The SMILES string of the molecule is BrC(Br)(Br)[C](C(Br)(Br)Br)C(Br)(Br)C(Br)(Br)C(Br)(Br)Br. The van der Waals surface area contributed by atoms with Gasteiger partial charge in [0.1, 0.15) is 10.8 Å². The van der Waals surface area contributed by atoms with E-state index in [1.165, 1.54) is 0 Å². The first kappa shape index (κ1) is 25.2. The Morgan fingerprint density at radius 2 is 0.737 bits per heavy atom. The summed E-state index contributed by atoms with van der Waals surface area (Å²) in [5.74, 6) is 0.823. The number of hydrogen-bond acceptors (Lipinski definition) is 0. The molecule has 0 aliphatic heterocycles. The molecule has 0 aliphatic rings. The van der Waals surface area contributed by atoms with E-state index in [1.54, 1.807) is 0 Å². The fourth-order valence-electron chi connectivity index (χ4n) is 0.852. The smallest absolute Gasteiger partial charge is 0.0692 e. The average molecular weight is 1110 g/mol. The second-order valence-electron chi connectivity index (χ2n) is 3.02. The van der Waals surface area contributed by atoms with Gasteiger partial charge in [-0.15, -0.1) is 0 Å². The van der Waals surface area contributed by atoms with Gasteiger partial charge < -0.3 is 0 Å². The lowest BCUT2D eigenvalue weighted by Gasteiger charge is -2.49. The molecule has 0 N–H and O–H groups in total. The van der Waals surface area contributed by atoms with Gasteiger partial charge in [-0.1, -0.05) is 207 Å². The molecule has 0 aromatic carbocycles. The van der Waals surface area contributed by atoms with Gasteiger partial charge in [0, 0.05) is 0 Å². The minimum absolute atomic E-state index is 0.672. The lowest BCUT2D eigenvalue weighted by atomic mass is 10.1. The topological polar surface area (TPSA) is 0 Å². The molecule has 0 unspecified atom stereocenters. The van der Waals surface area contributed by atoms with Crippen molar-refractivity contribution in [2.24, 2.45) is 0 Å². The highest BCUT2D eigenvalue weighted by molar-refractivity contribution is 9.42. The molecule has 0 atom stereocenters. The summed E-state index contributed by atoms with van der Waals surface area (Å²) >= 11 is 46.4. The van der Waals surface area contributed by atoms with Gasteiger partial charge in [0.25, 0.3) is 0 Å². The number of halogens is 13. The maximum absolute atomic E-state index is 3.69. The van der Waals surface area contributed by atoms with E-state index >= 15 is 0 Å². The third-order valence-electron chi connectivity index (χ3n) is 1.63. The standard InChI is InChI=1S/C6Br13/c7-2(8,5(15,16)6(17,18)19)1(3(9,10)11)4(12,13)14. The highest BCUT2D eigenvalue weighted by Gasteiger charge is 2.67. The van der Waals surface area contributed by atoms with Crippen molar-refractivity contribution in [2.45, 2.75) is 12.9 Å². The Kier molecular flexibility index (Phi) is 11.3. The quantitative estimate of drug-likeness (QED) is 0.242. The van der Waals surface area contributed by atoms with E-state index in [0.717, 1.165) is 5.92 Å². The molecule has 0 spiro atoms. The van der Waals surface area contributed by atoms with Gasteiger partial charge in [0.15, 0.2) is 2.14 Å². The van der Waals surface area contributed by atoms with Gasteiger partial charge in [0.2, 0.25) is 0 Å². The zero-order valence-electron chi connectivity index (χ0n) is 7.91. The van der Waals surface area contributed by atoms with Crippen LogP contribution in [0, 0.1) is 5.92 Å². The molecule has 0 nitrogen and oxygen atoms in total. The molecular weight excluding hydrogens is 1110 g/mol. The van der Waals surface area contributed by atoms with Gasteiger partial charge in [-0.25, -0.2) is 0 Å². The van der Waals surface area contributed by atoms with Crippen LogP contribution in [0.1, 0.15) is 0 Å². The maximum atomic E-state index is 3.69. The molecule has 0 amide bonds. The first-order valence-electron chi connectivity index (χ1n) is 3.71. The van der Waals surface area contributed by atoms with Crippen LogP contribution in [0.15, 0.2) is 0 Å². The first-order valence-corrected chi connectivity index (χ1v) is 14.0. The summed E-state index contributed by atoms with van der Waals surface area (Å²) in [6, 6.07) is 0. The molecule has 0 bridgehead atoms. The van der Waals surface area contributed by atoms with Crippen molar-refractivity contribution < 1.29 is 0 Å².